The summed E-state index contributed by atoms with van der Waals surface area (Å²) in [4.78, 5) is 0. The highest BCUT2D eigenvalue weighted by molar-refractivity contribution is 5.37. The number of para-hydroxylation sites is 1. The standard InChI is InChI=1S/C15H22O3/c1-2-3-4-7-10-17-14-11-18-13-9-6-5-8-12(13)15(14)16/h5-6,8-9,14-16H,2-4,7,10-11H2,1H3. The molecule has 1 aliphatic rings. The maximum absolute atomic E-state index is 10.2. The highest BCUT2D eigenvalue weighted by Gasteiger charge is 2.29. The number of rotatable bonds is 6. The molecule has 1 aromatic carbocycles. The molecule has 0 saturated carbocycles. The molecule has 0 spiro atoms. The van der Waals surface area contributed by atoms with E-state index in [9.17, 15) is 5.11 Å². The first-order valence-corrected chi connectivity index (χ1v) is 6.84. The first-order valence-electron chi connectivity index (χ1n) is 6.84. The summed E-state index contributed by atoms with van der Waals surface area (Å²) < 4.78 is 11.3. The smallest absolute Gasteiger partial charge is 0.125 e. The molecule has 3 heteroatoms. The second-order valence-corrected chi connectivity index (χ2v) is 4.76. The van der Waals surface area contributed by atoms with Crippen molar-refractivity contribution in [3.8, 4) is 5.75 Å². The van der Waals surface area contributed by atoms with Crippen LogP contribution in [0.4, 0.5) is 0 Å². The van der Waals surface area contributed by atoms with Crippen molar-refractivity contribution in [3.05, 3.63) is 29.8 Å². The zero-order chi connectivity index (χ0) is 12.8. The molecule has 100 valence electrons. The predicted octanol–water partition coefficient (Wildman–Crippen LogP) is 3.08. The van der Waals surface area contributed by atoms with Gasteiger partial charge in [0.15, 0.2) is 0 Å². The topological polar surface area (TPSA) is 38.7 Å². The van der Waals surface area contributed by atoms with E-state index in [0.717, 1.165) is 17.7 Å². The quantitative estimate of drug-likeness (QED) is 0.789. The molecule has 1 N–H and O–H groups in total. The molecule has 2 rings (SSSR count). The van der Waals surface area contributed by atoms with Crippen LogP contribution in [0.25, 0.3) is 0 Å². The van der Waals surface area contributed by atoms with Crippen LogP contribution in [0.1, 0.15) is 44.3 Å². The monoisotopic (exact) mass is 250 g/mol. The molecule has 0 amide bonds. The summed E-state index contributed by atoms with van der Waals surface area (Å²) in [5, 5.41) is 10.2. The van der Waals surface area contributed by atoms with Gasteiger partial charge in [0.1, 0.15) is 24.6 Å². The number of ether oxygens (including phenoxy) is 2. The molecule has 1 aromatic rings. The van der Waals surface area contributed by atoms with Crippen LogP contribution in [0, 0.1) is 0 Å². The van der Waals surface area contributed by atoms with E-state index in [4.69, 9.17) is 9.47 Å². The zero-order valence-electron chi connectivity index (χ0n) is 11.0. The van der Waals surface area contributed by atoms with Crippen LogP contribution in [0.2, 0.25) is 0 Å². The van der Waals surface area contributed by atoms with E-state index in [-0.39, 0.29) is 6.10 Å². The highest BCUT2D eigenvalue weighted by atomic mass is 16.5. The van der Waals surface area contributed by atoms with Crippen molar-refractivity contribution in [2.24, 2.45) is 0 Å². The van der Waals surface area contributed by atoms with Crippen molar-refractivity contribution < 1.29 is 14.6 Å². The molecule has 0 fully saturated rings. The summed E-state index contributed by atoms with van der Waals surface area (Å²) in [5.41, 5.74) is 0.835. The Labute approximate surface area is 109 Å². The normalized spacial score (nSPS) is 22.3. The Balaban J connectivity index is 1.82. The lowest BCUT2D eigenvalue weighted by Gasteiger charge is -2.30. The third-order valence-corrected chi connectivity index (χ3v) is 3.32. The van der Waals surface area contributed by atoms with Crippen LogP contribution in [0.15, 0.2) is 24.3 Å². The molecule has 0 aliphatic carbocycles. The van der Waals surface area contributed by atoms with Gasteiger partial charge in [-0.3, -0.25) is 0 Å². The van der Waals surface area contributed by atoms with Gasteiger partial charge in [0.2, 0.25) is 0 Å². The van der Waals surface area contributed by atoms with Crippen LogP contribution >= 0.6 is 0 Å². The lowest BCUT2D eigenvalue weighted by molar-refractivity contribution is -0.0729. The van der Waals surface area contributed by atoms with Gasteiger partial charge >= 0.3 is 0 Å². The summed E-state index contributed by atoms with van der Waals surface area (Å²) >= 11 is 0. The second-order valence-electron chi connectivity index (χ2n) is 4.76. The fourth-order valence-corrected chi connectivity index (χ4v) is 2.22. The summed E-state index contributed by atoms with van der Waals surface area (Å²) in [6.45, 7) is 3.33. The number of hydrogen-bond acceptors (Lipinski definition) is 3. The minimum absolute atomic E-state index is 0.235. The maximum Gasteiger partial charge on any atom is 0.125 e. The van der Waals surface area contributed by atoms with Gasteiger partial charge in [-0.1, -0.05) is 44.4 Å². The molecular formula is C15H22O3. The summed E-state index contributed by atoms with van der Waals surface area (Å²) in [6, 6.07) is 7.61. The fourth-order valence-electron chi connectivity index (χ4n) is 2.22. The van der Waals surface area contributed by atoms with Gasteiger partial charge in [-0.15, -0.1) is 0 Å². The largest absolute Gasteiger partial charge is 0.490 e. The number of unbranched alkanes of at least 4 members (excludes halogenated alkanes) is 3. The molecule has 2 atom stereocenters. The Bertz CT molecular complexity index is 365. The average Bonchev–Trinajstić information content (AvgIpc) is 2.41. The number of hydrogen-bond donors (Lipinski definition) is 1. The van der Waals surface area contributed by atoms with Gasteiger partial charge in [0.05, 0.1) is 0 Å². The van der Waals surface area contributed by atoms with Gasteiger partial charge in [0, 0.05) is 12.2 Å². The number of aliphatic hydroxyl groups excluding tert-OH is 1. The second kappa shape index (κ2) is 6.76. The van der Waals surface area contributed by atoms with Gasteiger partial charge in [-0.25, -0.2) is 0 Å². The Morgan fingerprint density at radius 2 is 2.11 bits per heavy atom. The Morgan fingerprint density at radius 1 is 1.28 bits per heavy atom. The Hall–Kier alpha value is -1.06. The Morgan fingerprint density at radius 3 is 2.94 bits per heavy atom. The Kier molecular flexibility index (Phi) is 5.02. The minimum atomic E-state index is -0.568. The zero-order valence-corrected chi connectivity index (χ0v) is 11.0. The summed E-state index contributed by atoms with van der Waals surface area (Å²) in [6.07, 6.45) is 3.91. The first-order chi connectivity index (χ1) is 8.83. The molecule has 0 bridgehead atoms. The van der Waals surface area contributed by atoms with Crippen molar-refractivity contribution in [2.45, 2.75) is 44.8 Å². The van der Waals surface area contributed by atoms with Crippen LogP contribution < -0.4 is 4.74 Å². The molecule has 2 unspecified atom stereocenters. The third kappa shape index (κ3) is 3.24. The summed E-state index contributed by atoms with van der Waals surface area (Å²) in [7, 11) is 0. The molecule has 18 heavy (non-hydrogen) atoms. The van der Waals surface area contributed by atoms with Gasteiger partial charge in [-0.2, -0.15) is 0 Å². The van der Waals surface area contributed by atoms with E-state index in [2.05, 4.69) is 6.92 Å². The van der Waals surface area contributed by atoms with Gasteiger partial charge in [0.25, 0.3) is 0 Å². The van der Waals surface area contributed by atoms with Gasteiger partial charge in [-0.05, 0) is 12.5 Å². The van der Waals surface area contributed by atoms with E-state index in [1.54, 1.807) is 0 Å². The summed E-state index contributed by atoms with van der Waals surface area (Å²) in [5.74, 6) is 0.774. The van der Waals surface area contributed by atoms with Crippen molar-refractivity contribution in [2.75, 3.05) is 13.2 Å². The lowest BCUT2D eigenvalue weighted by Crippen LogP contribution is -2.33. The molecule has 1 heterocycles. The van der Waals surface area contributed by atoms with Gasteiger partial charge < -0.3 is 14.6 Å². The number of aliphatic hydroxyl groups is 1. The third-order valence-electron chi connectivity index (χ3n) is 3.32. The minimum Gasteiger partial charge on any atom is -0.490 e. The highest BCUT2D eigenvalue weighted by Crippen LogP contribution is 2.32. The number of benzene rings is 1. The lowest BCUT2D eigenvalue weighted by atomic mass is 10.0. The first kappa shape index (κ1) is 13.4. The van der Waals surface area contributed by atoms with E-state index < -0.39 is 6.10 Å². The van der Waals surface area contributed by atoms with Crippen molar-refractivity contribution in [3.63, 3.8) is 0 Å². The molecule has 0 aromatic heterocycles. The molecule has 1 aliphatic heterocycles. The van der Waals surface area contributed by atoms with Crippen molar-refractivity contribution in [1.29, 1.82) is 0 Å². The predicted molar refractivity (Wildman–Crippen MR) is 70.8 cm³/mol. The van der Waals surface area contributed by atoms with E-state index in [1.165, 1.54) is 19.3 Å². The molecule has 0 saturated heterocycles. The fraction of sp³-hybridized carbons (Fsp3) is 0.600. The van der Waals surface area contributed by atoms with Crippen LogP contribution in [-0.2, 0) is 4.74 Å². The average molecular weight is 250 g/mol. The van der Waals surface area contributed by atoms with E-state index >= 15 is 0 Å². The van der Waals surface area contributed by atoms with E-state index in [1.807, 2.05) is 24.3 Å². The number of fused-ring (bicyclic) bond motifs is 1. The molecule has 0 radical (unpaired) electrons. The maximum atomic E-state index is 10.2. The molecular weight excluding hydrogens is 228 g/mol. The van der Waals surface area contributed by atoms with Crippen LogP contribution in [-0.4, -0.2) is 24.4 Å². The van der Waals surface area contributed by atoms with Crippen LogP contribution in [0.3, 0.4) is 0 Å². The van der Waals surface area contributed by atoms with E-state index in [0.29, 0.717) is 13.2 Å². The van der Waals surface area contributed by atoms with Crippen molar-refractivity contribution in [1.82, 2.24) is 0 Å². The SMILES string of the molecule is CCCCCCOC1COc2ccccc2C1O. The molecule has 3 nitrogen and oxygen atoms in total. The van der Waals surface area contributed by atoms with Crippen molar-refractivity contribution >= 4 is 0 Å². The van der Waals surface area contributed by atoms with Crippen LogP contribution in [0.5, 0.6) is 5.75 Å².